The Kier molecular flexibility index (Phi) is 5.16. The number of carboxylic acid groups (broad SMARTS) is 1. The van der Waals surface area contributed by atoms with Crippen molar-refractivity contribution in [3.05, 3.63) is 0 Å². The molecular formula is C12H16F5NO3. The van der Waals surface area contributed by atoms with Crippen molar-refractivity contribution in [2.75, 3.05) is 6.54 Å². The van der Waals surface area contributed by atoms with E-state index in [1.54, 1.807) is 5.32 Å². The third kappa shape index (κ3) is 4.28. The fourth-order valence-corrected chi connectivity index (χ4v) is 2.55. The van der Waals surface area contributed by atoms with Gasteiger partial charge in [0.2, 0.25) is 0 Å². The second kappa shape index (κ2) is 6.15. The van der Waals surface area contributed by atoms with Crippen LogP contribution in [0.1, 0.15) is 38.5 Å². The number of carbonyl (C=O) groups excluding carboxylic acids is 1. The monoisotopic (exact) mass is 317 g/mol. The summed E-state index contributed by atoms with van der Waals surface area (Å²) < 4.78 is 61.8. The van der Waals surface area contributed by atoms with Gasteiger partial charge in [-0.2, -0.15) is 22.0 Å². The second-order valence-electron chi connectivity index (χ2n) is 5.39. The van der Waals surface area contributed by atoms with Crippen molar-refractivity contribution >= 4 is 11.9 Å². The number of alkyl halides is 5. The van der Waals surface area contributed by atoms with Crippen LogP contribution in [0.25, 0.3) is 0 Å². The van der Waals surface area contributed by atoms with Crippen LogP contribution in [0.5, 0.6) is 0 Å². The van der Waals surface area contributed by atoms with Gasteiger partial charge < -0.3 is 10.4 Å². The first-order valence-corrected chi connectivity index (χ1v) is 6.45. The largest absolute Gasteiger partial charge is 0.481 e. The normalized spacial score (nSPS) is 19.1. The number of carboxylic acids is 1. The molecule has 0 atom stereocenters. The van der Waals surface area contributed by atoms with Crippen molar-refractivity contribution in [3.63, 3.8) is 0 Å². The van der Waals surface area contributed by atoms with Crippen LogP contribution < -0.4 is 5.32 Å². The van der Waals surface area contributed by atoms with E-state index in [4.69, 9.17) is 5.11 Å². The minimum absolute atomic E-state index is 0.370. The fraction of sp³-hybridized carbons (Fsp3) is 0.833. The number of amides is 1. The summed E-state index contributed by atoms with van der Waals surface area (Å²) in [4.78, 5) is 21.9. The number of hydrogen-bond acceptors (Lipinski definition) is 2. The highest BCUT2D eigenvalue weighted by molar-refractivity contribution is 5.84. The van der Waals surface area contributed by atoms with Crippen LogP contribution in [0.2, 0.25) is 0 Å². The summed E-state index contributed by atoms with van der Waals surface area (Å²) in [6, 6.07) is 0. The van der Waals surface area contributed by atoms with E-state index in [2.05, 4.69) is 0 Å². The van der Waals surface area contributed by atoms with Crippen molar-refractivity contribution in [2.24, 2.45) is 5.41 Å². The van der Waals surface area contributed by atoms with Gasteiger partial charge >= 0.3 is 18.1 Å². The van der Waals surface area contributed by atoms with Gasteiger partial charge in [0, 0.05) is 6.54 Å². The van der Waals surface area contributed by atoms with Crippen molar-refractivity contribution in [3.8, 4) is 0 Å². The van der Waals surface area contributed by atoms with E-state index in [-0.39, 0.29) is 6.42 Å². The van der Waals surface area contributed by atoms with Crippen LogP contribution in [0.3, 0.4) is 0 Å². The fourth-order valence-electron chi connectivity index (χ4n) is 2.55. The maximum Gasteiger partial charge on any atom is 0.463 e. The van der Waals surface area contributed by atoms with Crippen molar-refractivity contribution < 1.29 is 36.6 Å². The average molecular weight is 317 g/mol. The molecule has 0 saturated heterocycles. The number of halogens is 5. The Morgan fingerprint density at radius 2 is 1.57 bits per heavy atom. The molecule has 1 fully saturated rings. The van der Waals surface area contributed by atoms with E-state index in [0.29, 0.717) is 25.7 Å². The third-order valence-electron chi connectivity index (χ3n) is 3.71. The van der Waals surface area contributed by atoms with E-state index >= 15 is 0 Å². The zero-order valence-corrected chi connectivity index (χ0v) is 11.1. The van der Waals surface area contributed by atoms with Gasteiger partial charge in [-0.3, -0.25) is 9.59 Å². The van der Waals surface area contributed by atoms with E-state index < -0.39 is 35.9 Å². The molecule has 4 nitrogen and oxygen atoms in total. The van der Waals surface area contributed by atoms with E-state index in [1.165, 1.54) is 0 Å². The Bertz CT molecular complexity index is 402. The SMILES string of the molecule is O=C(O)CC1(CNC(=O)C(F)(F)C(F)(F)F)CCCCC1. The number of carbonyl (C=O) groups is 2. The molecular weight excluding hydrogens is 301 g/mol. The predicted molar refractivity (Wildman–Crippen MR) is 61.8 cm³/mol. The van der Waals surface area contributed by atoms with Crippen molar-refractivity contribution in [2.45, 2.75) is 50.6 Å². The topological polar surface area (TPSA) is 66.4 Å². The molecule has 21 heavy (non-hydrogen) atoms. The molecule has 0 aromatic carbocycles. The molecule has 0 radical (unpaired) electrons. The number of rotatable bonds is 5. The molecule has 0 aromatic heterocycles. The van der Waals surface area contributed by atoms with Crippen molar-refractivity contribution in [1.29, 1.82) is 0 Å². The lowest BCUT2D eigenvalue weighted by Gasteiger charge is -2.36. The summed E-state index contributed by atoms with van der Waals surface area (Å²) in [6.45, 7) is -0.496. The Morgan fingerprint density at radius 1 is 1.05 bits per heavy atom. The molecule has 0 heterocycles. The Morgan fingerprint density at radius 3 is 2.00 bits per heavy atom. The Hall–Kier alpha value is -1.41. The molecule has 122 valence electrons. The lowest BCUT2D eigenvalue weighted by Crippen LogP contribution is -2.53. The maximum absolute atomic E-state index is 12.8. The highest BCUT2D eigenvalue weighted by atomic mass is 19.4. The minimum atomic E-state index is -5.97. The minimum Gasteiger partial charge on any atom is -0.481 e. The van der Waals surface area contributed by atoms with E-state index in [9.17, 15) is 31.5 Å². The zero-order chi connectivity index (χ0) is 16.3. The quantitative estimate of drug-likeness (QED) is 0.766. The molecule has 1 rings (SSSR count). The van der Waals surface area contributed by atoms with Crippen LogP contribution >= 0.6 is 0 Å². The molecule has 0 aromatic rings. The van der Waals surface area contributed by atoms with Crippen LogP contribution in [0.4, 0.5) is 22.0 Å². The molecule has 9 heteroatoms. The lowest BCUT2D eigenvalue weighted by atomic mass is 9.71. The summed E-state index contributed by atoms with van der Waals surface area (Å²) >= 11 is 0. The van der Waals surface area contributed by atoms with Crippen LogP contribution in [-0.4, -0.2) is 35.6 Å². The highest BCUT2D eigenvalue weighted by Crippen LogP contribution is 2.40. The number of nitrogens with one attached hydrogen (secondary N) is 1. The van der Waals surface area contributed by atoms with Gasteiger partial charge in [-0.15, -0.1) is 0 Å². The van der Waals surface area contributed by atoms with Crippen LogP contribution in [0, 0.1) is 5.41 Å². The summed E-state index contributed by atoms with van der Waals surface area (Å²) in [5.41, 5.74) is -0.957. The van der Waals surface area contributed by atoms with Gasteiger partial charge in [0.15, 0.2) is 0 Å². The van der Waals surface area contributed by atoms with E-state index in [0.717, 1.165) is 6.42 Å². The Balaban J connectivity index is 2.73. The lowest BCUT2D eigenvalue weighted by molar-refractivity contribution is -0.270. The molecule has 1 saturated carbocycles. The second-order valence-corrected chi connectivity index (χ2v) is 5.39. The first kappa shape index (κ1) is 17.6. The third-order valence-corrected chi connectivity index (χ3v) is 3.71. The van der Waals surface area contributed by atoms with Crippen LogP contribution in [-0.2, 0) is 9.59 Å². The summed E-state index contributed by atoms with van der Waals surface area (Å²) in [7, 11) is 0. The standard InChI is InChI=1S/C12H16F5NO3/c13-11(14,12(15,16)17)9(21)18-7-10(6-8(19)20)4-2-1-3-5-10/h1-7H2,(H,18,21)(H,19,20). The number of hydrogen-bond donors (Lipinski definition) is 2. The molecule has 1 aliphatic carbocycles. The molecule has 0 aliphatic heterocycles. The zero-order valence-electron chi connectivity index (χ0n) is 11.1. The Labute approximate surface area is 117 Å². The molecule has 2 N–H and O–H groups in total. The summed E-state index contributed by atoms with van der Waals surface area (Å²) in [6.07, 6.45) is -3.45. The molecule has 0 bridgehead atoms. The maximum atomic E-state index is 12.8. The van der Waals surface area contributed by atoms with Crippen LogP contribution in [0.15, 0.2) is 0 Å². The molecule has 1 amide bonds. The van der Waals surface area contributed by atoms with Gasteiger partial charge in [-0.25, -0.2) is 0 Å². The van der Waals surface area contributed by atoms with E-state index in [1.807, 2.05) is 0 Å². The van der Waals surface area contributed by atoms with Gasteiger partial charge in [0.05, 0.1) is 6.42 Å². The molecule has 1 aliphatic rings. The first-order chi connectivity index (χ1) is 9.50. The van der Waals surface area contributed by atoms with Gasteiger partial charge in [0.1, 0.15) is 0 Å². The molecule has 0 spiro atoms. The molecule has 0 unspecified atom stereocenters. The highest BCUT2D eigenvalue weighted by Gasteiger charge is 2.63. The number of aliphatic carboxylic acids is 1. The average Bonchev–Trinajstić information content (AvgIpc) is 2.35. The van der Waals surface area contributed by atoms with Crippen molar-refractivity contribution in [1.82, 2.24) is 5.32 Å². The predicted octanol–water partition coefficient (Wildman–Crippen LogP) is 2.73. The van der Waals surface area contributed by atoms with Gasteiger partial charge in [0.25, 0.3) is 5.91 Å². The first-order valence-electron chi connectivity index (χ1n) is 6.45. The summed E-state index contributed by atoms with van der Waals surface area (Å²) in [5, 5.41) is 10.4. The smallest absolute Gasteiger partial charge is 0.463 e. The van der Waals surface area contributed by atoms with Gasteiger partial charge in [-0.05, 0) is 18.3 Å². The van der Waals surface area contributed by atoms with Gasteiger partial charge in [-0.1, -0.05) is 19.3 Å². The summed E-state index contributed by atoms with van der Waals surface area (Å²) in [5.74, 6) is -9.09.